The first-order chi connectivity index (χ1) is 16.9. The van der Waals surface area contributed by atoms with E-state index in [4.69, 9.17) is 15.2 Å². The summed E-state index contributed by atoms with van der Waals surface area (Å²) in [7, 11) is 3.95. The average Bonchev–Trinajstić information content (AvgIpc) is 2.90. The van der Waals surface area contributed by atoms with Crippen LogP contribution < -0.4 is 16.0 Å². The van der Waals surface area contributed by atoms with Crippen molar-refractivity contribution in [3.63, 3.8) is 0 Å². The predicted molar refractivity (Wildman–Crippen MR) is 128 cm³/mol. The van der Waals surface area contributed by atoms with Crippen molar-refractivity contribution in [3.05, 3.63) is 88.4 Å². The molecule has 2 aromatic carbocycles. The minimum atomic E-state index is -0.935. The second kappa shape index (κ2) is 11.0. The third-order valence-electron chi connectivity index (χ3n) is 5.70. The van der Waals surface area contributed by atoms with E-state index in [1.165, 1.54) is 19.1 Å². The quantitative estimate of drug-likeness (QED) is 0.584. The van der Waals surface area contributed by atoms with E-state index in [-0.39, 0.29) is 35.0 Å². The number of nitrogens with one attached hydrogen (secondary N) is 1. The Hall–Kier alpha value is -4.58. The molecule has 0 saturated carbocycles. The van der Waals surface area contributed by atoms with Gasteiger partial charge in [-0.2, -0.15) is 5.26 Å². The van der Waals surface area contributed by atoms with Gasteiger partial charge in [-0.25, -0.2) is 9.59 Å². The molecule has 0 spiro atoms. The molecule has 1 heterocycles. The van der Waals surface area contributed by atoms with Crippen molar-refractivity contribution in [3.8, 4) is 6.07 Å². The van der Waals surface area contributed by atoms with E-state index in [9.17, 15) is 19.6 Å². The van der Waals surface area contributed by atoms with E-state index in [0.29, 0.717) is 17.7 Å². The third kappa shape index (κ3) is 5.01. The van der Waals surface area contributed by atoms with Crippen LogP contribution in [0.25, 0.3) is 0 Å². The fourth-order valence-electron chi connectivity index (χ4n) is 4.02. The molecule has 1 amide bonds. The number of ether oxygens (including phenoxy) is 2. The van der Waals surface area contributed by atoms with Gasteiger partial charge in [0, 0.05) is 19.2 Å². The van der Waals surface area contributed by atoms with Crippen LogP contribution in [0.3, 0.4) is 0 Å². The van der Waals surface area contributed by atoms with Crippen LogP contribution in [0.15, 0.2) is 77.3 Å². The Morgan fingerprint density at radius 2 is 1.74 bits per heavy atom. The summed E-state index contributed by atoms with van der Waals surface area (Å²) >= 11 is 0. The molecule has 1 aliphatic heterocycles. The molecule has 3 N–H and O–H groups in total. The lowest BCUT2D eigenvalue weighted by atomic mass is 9.81. The third-order valence-corrected chi connectivity index (χ3v) is 5.70. The lowest BCUT2D eigenvalue weighted by Gasteiger charge is -2.36. The van der Waals surface area contributed by atoms with Crippen LogP contribution in [-0.4, -0.2) is 39.1 Å². The topological polar surface area (TPSA) is 135 Å². The molecule has 0 aromatic heterocycles. The first kappa shape index (κ1) is 25.1. The lowest BCUT2D eigenvalue weighted by Crippen LogP contribution is -2.40. The average molecular weight is 475 g/mol. The molecule has 180 valence electrons. The number of nitriles is 1. The smallest absolute Gasteiger partial charge is 0.355 e. The van der Waals surface area contributed by atoms with Gasteiger partial charge >= 0.3 is 11.9 Å². The maximum atomic E-state index is 13.1. The van der Waals surface area contributed by atoms with Crippen molar-refractivity contribution in [1.82, 2.24) is 5.32 Å². The molecule has 0 radical (unpaired) electrons. The Morgan fingerprint density at radius 3 is 2.34 bits per heavy atom. The van der Waals surface area contributed by atoms with Gasteiger partial charge in [-0.3, -0.25) is 9.69 Å². The number of allylic oxidation sites excluding steroid dienone is 1. The number of anilines is 1. The summed E-state index contributed by atoms with van der Waals surface area (Å²) in [5, 5.41) is 12.7. The van der Waals surface area contributed by atoms with Crippen LogP contribution in [0.5, 0.6) is 0 Å². The first-order valence-electron chi connectivity index (χ1n) is 10.8. The van der Waals surface area contributed by atoms with Crippen LogP contribution in [-0.2, 0) is 30.3 Å². The zero-order chi connectivity index (χ0) is 25.5. The van der Waals surface area contributed by atoms with Crippen molar-refractivity contribution >= 4 is 23.5 Å². The zero-order valence-corrected chi connectivity index (χ0v) is 19.7. The Labute approximate surface area is 203 Å². The number of hydrogen-bond donors (Lipinski definition) is 2. The Kier molecular flexibility index (Phi) is 7.89. The number of nitrogens with zero attached hydrogens (tertiary/aromatic N) is 2. The van der Waals surface area contributed by atoms with Gasteiger partial charge in [0.05, 0.1) is 37.4 Å². The molecule has 1 aliphatic rings. The summed E-state index contributed by atoms with van der Waals surface area (Å²) in [6.45, 7) is 0. The summed E-state index contributed by atoms with van der Waals surface area (Å²) in [5.41, 5.74) is 8.19. The fraction of sp³-hybridized carbons (Fsp3) is 0.231. The SMILES string of the molecule is CNC(=O)CCc1cccc(N2C(N)=C(C#N)C(c3ccccc3)C(C(=O)OC)=C2C(=O)OC)c1. The van der Waals surface area contributed by atoms with Gasteiger partial charge < -0.3 is 20.5 Å². The largest absolute Gasteiger partial charge is 0.466 e. The minimum absolute atomic E-state index is 0.0159. The molecule has 1 atom stereocenters. The number of esters is 2. The molecule has 9 heteroatoms. The Morgan fingerprint density at radius 1 is 1.06 bits per heavy atom. The summed E-state index contributed by atoms with van der Waals surface area (Å²) in [5.74, 6) is -2.68. The summed E-state index contributed by atoms with van der Waals surface area (Å²) in [6.07, 6.45) is 0.696. The number of rotatable bonds is 7. The molecule has 0 fully saturated rings. The normalized spacial score (nSPS) is 15.4. The Balaban J connectivity index is 2.27. The molecule has 0 aliphatic carbocycles. The molecule has 9 nitrogen and oxygen atoms in total. The summed E-state index contributed by atoms with van der Waals surface area (Å²) < 4.78 is 10.1. The van der Waals surface area contributed by atoms with Gasteiger partial charge in [-0.15, -0.1) is 0 Å². The zero-order valence-electron chi connectivity index (χ0n) is 19.7. The van der Waals surface area contributed by atoms with Gasteiger partial charge in [0.15, 0.2) is 0 Å². The number of carbonyl (C=O) groups excluding carboxylic acids is 3. The summed E-state index contributed by atoms with van der Waals surface area (Å²) in [6, 6.07) is 17.9. The van der Waals surface area contributed by atoms with Gasteiger partial charge in [-0.1, -0.05) is 42.5 Å². The van der Waals surface area contributed by atoms with Crippen molar-refractivity contribution in [1.29, 1.82) is 5.26 Å². The number of benzene rings is 2. The van der Waals surface area contributed by atoms with E-state index in [1.54, 1.807) is 55.6 Å². The van der Waals surface area contributed by atoms with Crippen molar-refractivity contribution in [2.24, 2.45) is 5.73 Å². The van der Waals surface area contributed by atoms with Crippen molar-refractivity contribution in [2.75, 3.05) is 26.2 Å². The molecule has 2 aromatic rings. The second-order valence-electron chi connectivity index (χ2n) is 7.68. The number of aryl methyl sites for hydroxylation is 1. The second-order valence-corrected chi connectivity index (χ2v) is 7.68. The number of amides is 1. The highest BCUT2D eigenvalue weighted by molar-refractivity contribution is 6.06. The molecule has 0 bridgehead atoms. The minimum Gasteiger partial charge on any atom is -0.466 e. The number of nitrogens with two attached hydrogens (primary N) is 1. The maximum absolute atomic E-state index is 13.1. The fourth-order valence-corrected chi connectivity index (χ4v) is 4.02. The highest BCUT2D eigenvalue weighted by atomic mass is 16.5. The first-order valence-corrected chi connectivity index (χ1v) is 10.8. The molecular weight excluding hydrogens is 448 g/mol. The van der Waals surface area contributed by atoms with Crippen LogP contribution >= 0.6 is 0 Å². The van der Waals surface area contributed by atoms with Gasteiger partial charge in [-0.05, 0) is 29.7 Å². The van der Waals surface area contributed by atoms with E-state index >= 15 is 0 Å². The standard InChI is InChI=1S/C26H26N4O5/c1-29-20(31)13-12-16-8-7-11-18(14-16)30-23(26(33)35-3)22(25(32)34-2)21(19(15-27)24(30)28)17-9-5-4-6-10-17/h4-11,14,21H,12-13,28H2,1-3H3,(H,29,31). The lowest BCUT2D eigenvalue weighted by molar-refractivity contribution is -0.139. The van der Waals surface area contributed by atoms with Crippen LogP contribution in [0.2, 0.25) is 0 Å². The highest BCUT2D eigenvalue weighted by Gasteiger charge is 2.42. The Bertz CT molecular complexity index is 1240. The number of methoxy groups -OCH3 is 2. The maximum Gasteiger partial charge on any atom is 0.355 e. The number of hydrogen-bond acceptors (Lipinski definition) is 8. The monoisotopic (exact) mass is 474 g/mol. The highest BCUT2D eigenvalue weighted by Crippen LogP contribution is 2.43. The van der Waals surface area contributed by atoms with E-state index in [1.807, 2.05) is 6.07 Å². The van der Waals surface area contributed by atoms with E-state index in [2.05, 4.69) is 11.4 Å². The van der Waals surface area contributed by atoms with E-state index in [0.717, 1.165) is 5.56 Å². The van der Waals surface area contributed by atoms with E-state index < -0.39 is 17.9 Å². The molecule has 0 saturated heterocycles. The number of carbonyl (C=O) groups is 3. The predicted octanol–water partition coefficient (Wildman–Crippen LogP) is 2.26. The molecular formula is C26H26N4O5. The molecule has 3 rings (SSSR count). The molecule has 35 heavy (non-hydrogen) atoms. The molecule has 1 unspecified atom stereocenters. The summed E-state index contributed by atoms with van der Waals surface area (Å²) in [4.78, 5) is 39.2. The van der Waals surface area contributed by atoms with Crippen LogP contribution in [0, 0.1) is 11.3 Å². The van der Waals surface area contributed by atoms with Crippen LogP contribution in [0.1, 0.15) is 23.5 Å². The van der Waals surface area contributed by atoms with Crippen LogP contribution in [0.4, 0.5) is 5.69 Å². The van der Waals surface area contributed by atoms with Crippen molar-refractivity contribution in [2.45, 2.75) is 18.8 Å². The van der Waals surface area contributed by atoms with Crippen molar-refractivity contribution < 1.29 is 23.9 Å². The van der Waals surface area contributed by atoms with Gasteiger partial charge in [0.25, 0.3) is 0 Å². The van der Waals surface area contributed by atoms with Gasteiger partial charge in [0.2, 0.25) is 5.91 Å². The van der Waals surface area contributed by atoms with Gasteiger partial charge in [0.1, 0.15) is 11.5 Å².